The number of ether oxygens (including phenoxy) is 2. The summed E-state index contributed by atoms with van der Waals surface area (Å²) >= 11 is 0. The summed E-state index contributed by atoms with van der Waals surface area (Å²) in [5, 5.41) is 3.35. The summed E-state index contributed by atoms with van der Waals surface area (Å²) in [6.07, 6.45) is 6.01. The number of nitrogens with zero attached hydrogens (tertiary/aromatic N) is 7. The van der Waals surface area contributed by atoms with E-state index in [-0.39, 0.29) is 19.2 Å². The number of likely N-dealkylation sites (tertiary alicyclic amines) is 1. The number of piperazine rings is 1. The summed E-state index contributed by atoms with van der Waals surface area (Å²) in [6.45, 7) is 11.7. The molecule has 10 heteroatoms. The number of hydrogen-bond donors (Lipinski definition) is 0. The van der Waals surface area contributed by atoms with Gasteiger partial charge in [-0.3, -0.25) is 4.90 Å². The van der Waals surface area contributed by atoms with E-state index in [4.69, 9.17) is 26.0 Å². The van der Waals surface area contributed by atoms with Crippen molar-refractivity contribution >= 4 is 33.6 Å². The minimum Gasteiger partial charge on any atom is -0.462 e. The van der Waals surface area contributed by atoms with Crippen LogP contribution in [0.25, 0.3) is 26.5 Å². The molecule has 0 radical (unpaired) electrons. The number of aromatic nitrogens is 3. The second kappa shape index (κ2) is 13.7. The molecule has 0 bridgehead atoms. The van der Waals surface area contributed by atoms with Gasteiger partial charge in [-0.25, -0.2) is 11.4 Å². The van der Waals surface area contributed by atoms with E-state index in [1.54, 1.807) is 4.90 Å². The lowest BCUT2D eigenvalue weighted by molar-refractivity contribution is 0.0788. The van der Waals surface area contributed by atoms with Crippen molar-refractivity contribution < 1.29 is 14.3 Å². The minimum atomic E-state index is -0.402. The number of fused-ring (bicyclic) bond motifs is 2. The second-order valence-corrected chi connectivity index (χ2v) is 12.5. The Morgan fingerprint density at radius 3 is 2.60 bits per heavy atom. The zero-order valence-electron chi connectivity index (χ0n) is 26.7. The average molecular weight is 630 g/mol. The maximum atomic E-state index is 13.2. The molecule has 3 aromatic carbocycles. The minimum absolute atomic E-state index is 0.171. The van der Waals surface area contributed by atoms with Crippen molar-refractivity contribution in [2.75, 3.05) is 51.3 Å². The molecule has 0 unspecified atom stereocenters. The van der Waals surface area contributed by atoms with E-state index in [2.05, 4.69) is 81.1 Å². The highest BCUT2D eigenvalue weighted by atomic mass is 16.6. The van der Waals surface area contributed by atoms with Gasteiger partial charge in [-0.05, 0) is 48.3 Å². The van der Waals surface area contributed by atoms with Crippen molar-refractivity contribution in [1.29, 1.82) is 0 Å². The van der Waals surface area contributed by atoms with Gasteiger partial charge in [-0.15, -0.1) is 0 Å². The fourth-order valence-corrected chi connectivity index (χ4v) is 6.77. The summed E-state index contributed by atoms with van der Waals surface area (Å²) in [5.41, 5.74) is 2.95. The number of anilines is 1. The highest BCUT2D eigenvalue weighted by molar-refractivity contribution is 5.90. The first-order chi connectivity index (χ1) is 23.1. The fourth-order valence-electron chi connectivity index (χ4n) is 6.77. The topological polar surface area (TPSA) is 80.3 Å². The van der Waals surface area contributed by atoms with Crippen LogP contribution in [0.5, 0.6) is 6.01 Å². The van der Waals surface area contributed by atoms with Crippen molar-refractivity contribution in [3.8, 4) is 6.01 Å². The van der Waals surface area contributed by atoms with Gasteiger partial charge in [0.1, 0.15) is 25.1 Å². The lowest BCUT2D eigenvalue weighted by atomic mass is 10.0. The van der Waals surface area contributed by atoms with Gasteiger partial charge in [-0.2, -0.15) is 9.97 Å². The van der Waals surface area contributed by atoms with Crippen LogP contribution in [0.4, 0.5) is 10.6 Å². The molecule has 4 heterocycles. The van der Waals surface area contributed by atoms with E-state index in [1.165, 1.54) is 16.3 Å². The first-order valence-corrected chi connectivity index (χ1v) is 16.3. The third-order valence-electron chi connectivity index (χ3n) is 9.35. The number of carbonyl (C=O) groups is 1. The van der Waals surface area contributed by atoms with Gasteiger partial charge in [0, 0.05) is 44.6 Å². The molecule has 0 saturated carbocycles. The summed E-state index contributed by atoms with van der Waals surface area (Å²) < 4.78 is 14.1. The zero-order chi connectivity index (χ0) is 32.2. The van der Waals surface area contributed by atoms with Crippen LogP contribution in [0.3, 0.4) is 0 Å². The van der Waals surface area contributed by atoms with Gasteiger partial charge >= 0.3 is 12.1 Å². The first-order valence-electron chi connectivity index (χ1n) is 16.3. The van der Waals surface area contributed by atoms with Crippen molar-refractivity contribution in [2.24, 2.45) is 0 Å². The molecule has 1 amide bonds. The maximum absolute atomic E-state index is 13.2. The molecule has 0 N–H and O–H groups in total. The molecule has 2 aromatic heterocycles. The molecule has 7 rings (SSSR count). The van der Waals surface area contributed by atoms with Gasteiger partial charge < -0.3 is 28.7 Å². The molecule has 2 aliphatic rings. The number of likely N-dealkylation sites (N-methyl/N-ethyl adjacent to an activating group) is 1. The van der Waals surface area contributed by atoms with Crippen LogP contribution in [-0.2, 0) is 17.9 Å². The molecule has 0 spiro atoms. The van der Waals surface area contributed by atoms with E-state index in [0.717, 1.165) is 41.7 Å². The van der Waals surface area contributed by atoms with Crippen molar-refractivity contribution in [2.45, 2.75) is 38.1 Å². The normalized spacial score (nSPS) is 18.5. The molecule has 2 aliphatic heterocycles. The predicted octanol–water partition coefficient (Wildman–Crippen LogP) is 5.85. The first kappa shape index (κ1) is 30.5. The van der Waals surface area contributed by atoms with Crippen molar-refractivity contribution in [1.82, 2.24) is 24.3 Å². The third-order valence-corrected chi connectivity index (χ3v) is 9.35. The Labute approximate surface area is 275 Å². The van der Waals surface area contributed by atoms with Crippen molar-refractivity contribution in [3.63, 3.8) is 0 Å². The predicted molar refractivity (Wildman–Crippen MR) is 183 cm³/mol. The SMILES string of the molecule is [C-]#[N+]C[C@H]1CN(c2nc(OC[C@@H]3CCCN3C)nc3cn(Cc4cccc5ccccc45)cc23)CCN1C(=O)OCc1ccccc1. The molecule has 5 aromatic rings. The monoisotopic (exact) mass is 629 g/mol. The van der Waals surface area contributed by atoms with Gasteiger partial charge in [0.15, 0.2) is 0 Å². The summed E-state index contributed by atoms with van der Waals surface area (Å²) in [6, 6.07) is 24.8. The highest BCUT2D eigenvalue weighted by Gasteiger charge is 2.35. The van der Waals surface area contributed by atoms with Gasteiger partial charge in [0.2, 0.25) is 6.54 Å². The van der Waals surface area contributed by atoms with Crippen LogP contribution in [0.1, 0.15) is 24.0 Å². The molecular formula is C37H39N7O3. The molecular weight excluding hydrogens is 590 g/mol. The van der Waals surface area contributed by atoms with Gasteiger partial charge in [0.05, 0.1) is 10.9 Å². The lowest BCUT2D eigenvalue weighted by Crippen LogP contribution is -2.56. The number of benzene rings is 3. The average Bonchev–Trinajstić information content (AvgIpc) is 3.71. The Balaban J connectivity index is 1.16. The van der Waals surface area contributed by atoms with Crippen LogP contribution >= 0.6 is 0 Å². The van der Waals surface area contributed by atoms with E-state index < -0.39 is 6.09 Å². The number of hydrogen-bond acceptors (Lipinski definition) is 7. The smallest absolute Gasteiger partial charge is 0.410 e. The molecule has 2 saturated heterocycles. The summed E-state index contributed by atoms with van der Waals surface area (Å²) in [5.74, 6) is 0.758. The van der Waals surface area contributed by atoms with Crippen LogP contribution < -0.4 is 9.64 Å². The van der Waals surface area contributed by atoms with Crippen LogP contribution in [0.15, 0.2) is 85.2 Å². The molecule has 2 fully saturated rings. The number of carbonyl (C=O) groups excluding carboxylic acids is 1. The number of rotatable bonds is 9. The van der Waals surface area contributed by atoms with Crippen LogP contribution in [0.2, 0.25) is 0 Å². The van der Waals surface area contributed by atoms with E-state index in [9.17, 15) is 4.79 Å². The molecule has 240 valence electrons. The van der Waals surface area contributed by atoms with E-state index in [0.29, 0.717) is 44.8 Å². The van der Waals surface area contributed by atoms with Crippen LogP contribution in [0, 0.1) is 6.57 Å². The standard InChI is InChI=1S/C37H39N7O3/c1-38-20-31-22-43(18-19-44(31)37(45)47-25-27-10-4-3-5-11-27)35-33-23-42(21-29-14-8-13-28-12-6-7-16-32(28)29)24-34(33)39-36(40-35)46-26-30-15-9-17-41(30)2/h3-8,10-14,16,23-24,30-31H,9,15,17-22,25-26H2,2H3/t30-,31-/m0/s1. The van der Waals surface area contributed by atoms with Crippen LogP contribution in [-0.4, -0.2) is 88.9 Å². The Morgan fingerprint density at radius 2 is 1.77 bits per heavy atom. The highest BCUT2D eigenvalue weighted by Crippen LogP contribution is 2.31. The number of amides is 1. The Kier molecular flexibility index (Phi) is 8.89. The van der Waals surface area contributed by atoms with Gasteiger partial charge in [0.25, 0.3) is 0 Å². The lowest BCUT2D eigenvalue weighted by Gasteiger charge is -2.39. The van der Waals surface area contributed by atoms with Crippen molar-refractivity contribution in [3.05, 3.63) is 108 Å². The fraction of sp³-hybridized carbons (Fsp3) is 0.351. The molecule has 2 atom stereocenters. The van der Waals surface area contributed by atoms with Gasteiger partial charge in [-0.1, -0.05) is 72.8 Å². The summed E-state index contributed by atoms with van der Waals surface area (Å²) in [4.78, 5) is 32.9. The molecule has 0 aliphatic carbocycles. The second-order valence-electron chi connectivity index (χ2n) is 12.5. The van der Waals surface area contributed by atoms with E-state index in [1.807, 2.05) is 30.3 Å². The summed E-state index contributed by atoms with van der Waals surface area (Å²) in [7, 11) is 2.13. The Bertz CT molecular complexity index is 1900. The molecule has 47 heavy (non-hydrogen) atoms. The largest absolute Gasteiger partial charge is 0.462 e. The molecule has 10 nitrogen and oxygen atoms in total. The quantitative estimate of drug-likeness (QED) is 0.189. The zero-order valence-corrected chi connectivity index (χ0v) is 26.7. The van der Waals surface area contributed by atoms with E-state index >= 15 is 0 Å². The maximum Gasteiger partial charge on any atom is 0.410 e. The third kappa shape index (κ3) is 6.71. The Morgan fingerprint density at radius 1 is 0.936 bits per heavy atom. The Hall–Kier alpha value is -5.14.